The molecule has 8 heteroatoms. The molecule has 0 bridgehead atoms. The van der Waals surface area contributed by atoms with Crippen molar-refractivity contribution in [2.45, 2.75) is 6.92 Å². The van der Waals surface area contributed by atoms with Gasteiger partial charge >= 0.3 is 16.3 Å². The summed E-state index contributed by atoms with van der Waals surface area (Å²) in [5.74, 6) is 0. The smallest absolute Gasteiger partial charge is 0.422 e. The number of methoxy groups -OCH3 is 1. The third-order valence-corrected chi connectivity index (χ3v) is 3.25. The number of halogens is 1. The van der Waals surface area contributed by atoms with E-state index in [1.165, 1.54) is 0 Å². The van der Waals surface area contributed by atoms with Crippen molar-refractivity contribution >= 4 is 37.9 Å². The first-order chi connectivity index (χ1) is 7.84. The summed E-state index contributed by atoms with van der Waals surface area (Å²) in [5, 5.41) is 0. The topological polar surface area (TPSA) is 84.5 Å². The second kappa shape index (κ2) is 5.37. The molecule has 2 N–H and O–H groups in total. The van der Waals surface area contributed by atoms with E-state index < -0.39 is 16.3 Å². The van der Waals surface area contributed by atoms with Crippen molar-refractivity contribution < 1.29 is 17.9 Å². The molecule has 17 heavy (non-hydrogen) atoms. The maximum Gasteiger partial charge on any atom is 0.422 e. The standard InChI is InChI=1S/C9H11BrN2O4S/c1-6-5-7(10)3-4-8(6)11-17(14,15)12-9(13)16-2/h3-5,11H,1-2H3,(H,12,13). The number of anilines is 1. The number of nitrogens with one attached hydrogen (secondary N) is 2. The van der Waals surface area contributed by atoms with E-state index in [0.717, 1.165) is 17.1 Å². The summed E-state index contributed by atoms with van der Waals surface area (Å²) in [5.41, 5.74) is 1.10. The molecule has 0 fully saturated rings. The van der Waals surface area contributed by atoms with Gasteiger partial charge in [-0.3, -0.25) is 4.72 Å². The van der Waals surface area contributed by atoms with Crippen LogP contribution in [0, 0.1) is 6.92 Å². The van der Waals surface area contributed by atoms with Crippen LogP contribution in [0.4, 0.5) is 10.5 Å². The summed E-state index contributed by atoms with van der Waals surface area (Å²) in [6.07, 6.45) is -1.05. The molecule has 1 amide bonds. The summed E-state index contributed by atoms with van der Waals surface area (Å²) in [6.45, 7) is 1.74. The first-order valence-electron chi connectivity index (χ1n) is 4.49. The van der Waals surface area contributed by atoms with Crippen molar-refractivity contribution in [3.63, 3.8) is 0 Å². The van der Waals surface area contributed by atoms with Gasteiger partial charge in [0, 0.05) is 4.47 Å². The SMILES string of the molecule is COC(=O)NS(=O)(=O)Nc1ccc(Br)cc1C. The zero-order chi connectivity index (χ0) is 13.1. The predicted octanol–water partition coefficient (Wildman–Crippen LogP) is 1.77. The minimum absolute atomic E-state index is 0.379. The van der Waals surface area contributed by atoms with Crippen LogP contribution in [0.1, 0.15) is 5.56 Å². The average molecular weight is 323 g/mol. The van der Waals surface area contributed by atoms with E-state index in [1.54, 1.807) is 29.8 Å². The number of ether oxygens (including phenoxy) is 1. The molecule has 0 radical (unpaired) electrons. The zero-order valence-electron chi connectivity index (χ0n) is 9.15. The van der Waals surface area contributed by atoms with E-state index in [1.807, 2.05) is 0 Å². The number of benzene rings is 1. The zero-order valence-corrected chi connectivity index (χ0v) is 11.6. The predicted molar refractivity (Wildman–Crippen MR) is 67.0 cm³/mol. The minimum Gasteiger partial charge on any atom is -0.452 e. The summed E-state index contributed by atoms with van der Waals surface area (Å²) in [7, 11) is -2.89. The molecular weight excluding hydrogens is 312 g/mol. The highest BCUT2D eigenvalue weighted by Crippen LogP contribution is 2.20. The van der Waals surface area contributed by atoms with Gasteiger partial charge < -0.3 is 4.74 Å². The number of amides is 1. The fraction of sp³-hybridized carbons (Fsp3) is 0.222. The number of carbonyl (C=O) groups is 1. The third-order valence-electron chi connectivity index (χ3n) is 1.84. The Morgan fingerprint density at radius 2 is 2.06 bits per heavy atom. The van der Waals surface area contributed by atoms with Crippen molar-refractivity contribution in [1.82, 2.24) is 4.72 Å². The molecule has 0 heterocycles. The van der Waals surface area contributed by atoms with E-state index in [0.29, 0.717) is 5.69 Å². The lowest BCUT2D eigenvalue weighted by atomic mass is 10.2. The molecule has 0 aliphatic heterocycles. The molecule has 1 aromatic rings. The molecule has 1 aromatic carbocycles. The minimum atomic E-state index is -3.97. The van der Waals surface area contributed by atoms with Crippen LogP contribution in [0.3, 0.4) is 0 Å². The largest absolute Gasteiger partial charge is 0.452 e. The van der Waals surface area contributed by atoms with Crippen molar-refractivity contribution in [3.05, 3.63) is 28.2 Å². The van der Waals surface area contributed by atoms with Gasteiger partial charge in [0.2, 0.25) is 0 Å². The molecule has 0 aromatic heterocycles. The van der Waals surface area contributed by atoms with Gasteiger partial charge in [-0.25, -0.2) is 9.52 Å². The number of rotatable bonds is 3. The van der Waals surface area contributed by atoms with Gasteiger partial charge in [0.25, 0.3) is 0 Å². The van der Waals surface area contributed by atoms with Crippen LogP contribution < -0.4 is 9.44 Å². The highest BCUT2D eigenvalue weighted by atomic mass is 79.9. The quantitative estimate of drug-likeness (QED) is 0.888. The lowest BCUT2D eigenvalue weighted by Gasteiger charge is -2.10. The molecule has 0 atom stereocenters. The molecule has 0 aliphatic rings. The highest BCUT2D eigenvalue weighted by molar-refractivity contribution is 9.10. The van der Waals surface area contributed by atoms with Gasteiger partial charge in [-0.15, -0.1) is 0 Å². The molecule has 94 valence electrons. The van der Waals surface area contributed by atoms with E-state index in [4.69, 9.17) is 0 Å². The van der Waals surface area contributed by atoms with Crippen LogP contribution in [0.25, 0.3) is 0 Å². The lowest BCUT2D eigenvalue weighted by molar-refractivity contribution is 0.177. The monoisotopic (exact) mass is 322 g/mol. The molecule has 1 rings (SSSR count). The van der Waals surface area contributed by atoms with Crippen LogP contribution >= 0.6 is 15.9 Å². The second-order valence-corrected chi connectivity index (χ2v) is 5.49. The van der Waals surface area contributed by atoms with E-state index >= 15 is 0 Å². The maximum atomic E-state index is 11.5. The van der Waals surface area contributed by atoms with Gasteiger partial charge in [0.15, 0.2) is 0 Å². The molecule has 0 spiro atoms. The van der Waals surface area contributed by atoms with Crippen molar-refractivity contribution in [2.24, 2.45) is 0 Å². The Morgan fingerprint density at radius 1 is 1.41 bits per heavy atom. The average Bonchev–Trinajstić information content (AvgIpc) is 2.21. The molecule has 0 saturated heterocycles. The molecule has 6 nitrogen and oxygen atoms in total. The summed E-state index contributed by atoms with van der Waals surface area (Å²) < 4.78 is 31.9. The Morgan fingerprint density at radius 3 is 2.59 bits per heavy atom. The maximum absolute atomic E-state index is 11.5. The van der Waals surface area contributed by atoms with Gasteiger partial charge in [-0.2, -0.15) is 8.42 Å². The van der Waals surface area contributed by atoms with Crippen molar-refractivity contribution in [2.75, 3.05) is 11.8 Å². The third kappa shape index (κ3) is 4.23. The first-order valence-corrected chi connectivity index (χ1v) is 6.76. The van der Waals surface area contributed by atoms with Gasteiger partial charge in [-0.1, -0.05) is 15.9 Å². The van der Waals surface area contributed by atoms with Crippen LogP contribution in [0.2, 0.25) is 0 Å². The Labute approximate surface area is 108 Å². The van der Waals surface area contributed by atoms with Crippen LogP contribution in [-0.2, 0) is 14.9 Å². The van der Waals surface area contributed by atoms with Gasteiger partial charge in [0.1, 0.15) is 0 Å². The van der Waals surface area contributed by atoms with Gasteiger partial charge in [-0.05, 0) is 30.7 Å². The number of hydrogen-bond acceptors (Lipinski definition) is 4. The van der Waals surface area contributed by atoms with Crippen molar-refractivity contribution in [3.8, 4) is 0 Å². The van der Waals surface area contributed by atoms with E-state index in [9.17, 15) is 13.2 Å². The molecule has 0 saturated carbocycles. The van der Waals surface area contributed by atoms with Crippen LogP contribution in [0.5, 0.6) is 0 Å². The van der Waals surface area contributed by atoms with Crippen LogP contribution in [-0.4, -0.2) is 21.6 Å². The van der Waals surface area contributed by atoms with Gasteiger partial charge in [0.05, 0.1) is 12.8 Å². The van der Waals surface area contributed by atoms with E-state index in [2.05, 4.69) is 25.4 Å². The molecule has 0 unspecified atom stereocenters. The Balaban J connectivity index is 2.87. The highest BCUT2D eigenvalue weighted by Gasteiger charge is 2.15. The Bertz CT molecular complexity index is 530. The molecular formula is C9H11BrN2O4S. The summed E-state index contributed by atoms with van der Waals surface area (Å²) in [4.78, 5) is 10.8. The summed E-state index contributed by atoms with van der Waals surface area (Å²) in [6, 6.07) is 5.01. The molecule has 0 aliphatic carbocycles. The fourth-order valence-electron chi connectivity index (χ4n) is 1.06. The number of aryl methyl sites for hydroxylation is 1. The lowest BCUT2D eigenvalue weighted by Crippen LogP contribution is -2.35. The van der Waals surface area contributed by atoms with Crippen LogP contribution in [0.15, 0.2) is 22.7 Å². The van der Waals surface area contributed by atoms with Crippen molar-refractivity contribution in [1.29, 1.82) is 0 Å². The normalized spacial score (nSPS) is 10.8. The number of carbonyl (C=O) groups excluding carboxylic acids is 1. The fourth-order valence-corrected chi connectivity index (χ4v) is 2.41. The Kier molecular flexibility index (Phi) is 4.35. The number of hydrogen-bond donors (Lipinski definition) is 2. The first kappa shape index (κ1) is 13.8. The van der Waals surface area contributed by atoms with E-state index in [-0.39, 0.29) is 0 Å². The second-order valence-electron chi connectivity index (χ2n) is 3.16. The Hall–Kier alpha value is -1.28. The summed E-state index contributed by atoms with van der Waals surface area (Å²) >= 11 is 3.26.